The van der Waals surface area contributed by atoms with Crippen molar-refractivity contribution in [1.29, 1.82) is 0 Å². The molecule has 0 radical (unpaired) electrons. The predicted molar refractivity (Wildman–Crippen MR) is 129 cm³/mol. The number of nitrogens with zero attached hydrogens (tertiary/aromatic N) is 4. The summed E-state index contributed by atoms with van der Waals surface area (Å²) < 4.78 is 2.24. The van der Waals surface area contributed by atoms with Crippen LogP contribution in [0.2, 0.25) is 0 Å². The molecule has 0 unspecified atom stereocenters. The molecule has 2 heterocycles. The van der Waals surface area contributed by atoms with Gasteiger partial charge in [-0.2, -0.15) is 0 Å². The number of thioether (sulfide) groups is 1. The number of aryl methyl sites for hydroxylation is 2. The number of carbonyl (C=O) groups is 1. The van der Waals surface area contributed by atoms with Gasteiger partial charge in [0, 0.05) is 56.0 Å². The lowest BCUT2D eigenvalue weighted by Gasteiger charge is -2.19. The van der Waals surface area contributed by atoms with Crippen LogP contribution in [0, 0.1) is 13.8 Å². The number of hydrogen-bond donors (Lipinski definition) is 1. The Labute approximate surface area is 194 Å². The minimum Gasteiger partial charge on any atom is -0.352 e. The largest absolute Gasteiger partial charge is 0.352 e. The number of hydrogen-bond acceptors (Lipinski definition) is 5. The highest BCUT2D eigenvalue weighted by Gasteiger charge is 2.19. The van der Waals surface area contributed by atoms with E-state index in [0.717, 1.165) is 60.9 Å². The molecule has 0 aliphatic carbocycles. The van der Waals surface area contributed by atoms with Gasteiger partial charge in [-0.1, -0.05) is 29.8 Å². The van der Waals surface area contributed by atoms with Crippen molar-refractivity contribution in [2.75, 3.05) is 25.9 Å². The molecular formula is C25H31N5OS. The van der Waals surface area contributed by atoms with E-state index in [4.69, 9.17) is 0 Å². The van der Waals surface area contributed by atoms with Crippen LogP contribution in [-0.2, 0) is 25.9 Å². The van der Waals surface area contributed by atoms with Crippen LogP contribution in [0.5, 0.6) is 0 Å². The summed E-state index contributed by atoms with van der Waals surface area (Å²) in [6.45, 7) is 8.34. The molecule has 6 nitrogen and oxygen atoms in total. The molecule has 0 bridgehead atoms. The van der Waals surface area contributed by atoms with Crippen LogP contribution in [0.4, 0.5) is 0 Å². The molecule has 1 aromatic heterocycles. The summed E-state index contributed by atoms with van der Waals surface area (Å²) >= 11 is 1.77. The van der Waals surface area contributed by atoms with Crippen LogP contribution < -0.4 is 5.32 Å². The van der Waals surface area contributed by atoms with E-state index in [9.17, 15) is 4.79 Å². The molecule has 0 saturated carbocycles. The first kappa shape index (κ1) is 22.6. The molecule has 32 heavy (non-hydrogen) atoms. The van der Waals surface area contributed by atoms with Crippen molar-refractivity contribution in [2.45, 2.75) is 44.7 Å². The molecule has 1 amide bonds. The van der Waals surface area contributed by atoms with Gasteiger partial charge in [-0.05, 0) is 49.4 Å². The van der Waals surface area contributed by atoms with Crippen LogP contribution >= 0.6 is 11.8 Å². The highest BCUT2D eigenvalue weighted by Crippen LogP contribution is 2.17. The fourth-order valence-corrected chi connectivity index (χ4v) is 4.62. The molecule has 0 saturated heterocycles. The second-order valence-electron chi connectivity index (χ2n) is 8.38. The first-order chi connectivity index (χ1) is 15.5. The zero-order valence-corrected chi connectivity index (χ0v) is 19.9. The lowest BCUT2D eigenvalue weighted by Crippen LogP contribution is -2.28. The monoisotopic (exact) mass is 449 g/mol. The molecule has 168 valence electrons. The third-order valence-corrected chi connectivity index (χ3v) is 6.76. The molecule has 7 heteroatoms. The highest BCUT2D eigenvalue weighted by molar-refractivity contribution is 7.98. The summed E-state index contributed by atoms with van der Waals surface area (Å²) in [5.74, 6) is 1.96. The number of fused-ring (bicyclic) bond motifs is 1. The molecule has 2 aromatic carbocycles. The maximum Gasteiger partial charge on any atom is 0.251 e. The topological polar surface area (TPSA) is 63.1 Å². The third kappa shape index (κ3) is 5.40. The zero-order valence-electron chi connectivity index (χ0n) is 19.1. The molecule has 4 rings (SSSR count). The fourth-order valence-electron chi connectivity index (χ4n) is 4.21. The van der Waals surface area contributed by atoms with E-state index >= 15 is 0 Å². The molecule has 0 spiro atoms. The molecular weight excluding hydrogens is 418 g/mol. The van der Waals surface area contributed by atoms with Gasteiger partial charge in [0.05, 0.1) is 0 Å². The number of aromatic nitrogens is 3. The van der Waals surface area contributed by atoms with Crippen LogP contribution in [0.3, 0.4) is 0 Å². The Bertz CT molecular complexity index is 1080. The number of amides is 1. The Hall–Kier alpha value is -2.64. The molecule has 1 aliphatic heterocycles. The molecule has 1 aliphatic rings. The van der Waals surface area contributed by atoms with Crippen molar-refractivity contribution in [2.24, 2.45) is 0 Å². The molecule has 1 N–H and O–H groups in total. The van der Waals surface area contributed by atoms with Crippen molar-refractivity contribution < 1.29 is 4.79 Å². The molecule has 0 atom stereocenters. The highest BCUT2D eigenvalue weighted by atomic mass is 32.2. The Morgan fingerprint density at radius 1 is 1.06 bits per heavy atom. The number of carbonyl (C=O) groups excluding carboxylic acids is 1. The van der Waals surface area contributed by atoms with Crippen LogP contribution in [0.15, 0.2) is 47.4 Å². The third-order valence-electron chi connectivity index (χ3n) is 6.02. The minimum absolute atomic E-state index is 0.0308. The van der Waals surface area contributed by atoms with Gasteiger partial charge in [0.15, 0.2) is 0 Å². The summed E-state index contributed by atoms with van der Waals surface area (Å²) in [4.78, 5) is 16.3. The van der Waals surface area contributed by atoms with Crippen LogP contribution in [0.1, 0.15) is 38.7 Å². The van der Waals surface area contributed by atoms with Gasteiger partial charge >= 0.3 is 0 Å². The summed E-state index contributed by atoms with van der Waals surface area (Å²) in [5, 5.41) is 11.9. The van der Waals surface area contributed by atoms with Crippen molar-refractivity contribution in [1.82, 2.24) is 25.0 Å². The fraction of sp³-hybridized carbons (Fsp3) is 0.400. The lowest BCUT2D eigenvalue weighted by atomic mass is 10.1. The number of benzene rings is 2. The lowest BCUT2D eigenvalue weighted by molar-refractivity contribution is 0.0953. The first-order valence-corrected chi connectivity index (χ1v) is 12.4. The van der Waals surface area contributed by atoms with Gasteiger partial charge in [-0.15, -0.1) is 22.0 Å². The number of nitrogens with one attached hydrogen (secondary N) is 1. The van der Waals surface area contributed by atoms with Crippen LogP contribution in [-0.4, -0.2) is 51.5 Å². The summed E-state index contributed by atoms with van der Waals surface area (Å²) in [6, 6.07) is 14.7. The maximum absolute atomic E-state index is 12.5. The Morgan fingerprint density at radius 2 is 1.88 bits per heavy atom. The second-order valence-corrected chi connectivity index (χ2v) is 9.26. The van der Waals surface area contributed by atoms with Gasteiger partial charge in [0.25, 0.3) is 5.91 Å². The van der Waals surface area contributed by atoms with Crippen molar-refractivity contribution >= 4 is 17.7 Å². The average molecular weight is 450 g/mol. The van der Waals surface area contributed by atoms with E-state index in [-0.39, 0.29) is 5.91 Å². The Kier molecular flexibility index (Phi) is 7.27. The first-order valence-electron chi connectivity index (χ1n) is 11.1. The smallest absolute Gasteiger partial charge is 0.251 e. The van der Waals surface area contributed by atoms with E-state index in [2.05, 4.69) is 55.5 Å². The van der Waals surface area contributed by atoms with E-state index in [1.54, 1.807) is 11.8 Å². The number of rotatable bonds is 7. The van der Waals surface area contributed by atoms with Gasteiger partial charge in [0.1, 0.15) is 11.6 Å². The van der Waals surface area contributed by atoms with Crippen molar-refractivity contribution in [3.63, 3.8) is 0 Å². The van der Waals surface area contributed by atoms with Crippen LogP contribution in [0.25, 0.3) is 0 Å². The zero-order chi connectivity index (χ0) is 22.5. The van der Waals surface area contributed by atoms with Crippen molar-refractivity contribution in [3.05, 3.63) is 76.4 Å². The quantitative estimate of drug-likeness (QED) is 0.558. The van der Waals surface area contributed by atoms with E-state index in [1.165, 1.54) is 10.5 Å². The second kappa shape index (κ2) is 10.3. The van der Waals surface area contributed by atoms with Gasteiger partial charge in [-0.3, -0.25) is 9.69 Å². The Morgan fingerprint density at radius 3 is 2.62 bits per heavy atom. The van der Waals surface area contributed by atoms with Gasteiger partial charge in [-0.25, -0.2) is 0 Å². The van der Waals surface area contributed by atoms with E-state index < -0.39 is 0 Å². The molecule has 3 aromatic rings. The maximum atomic E-state index is 12.5. The predicted octanol–water partition coefficient (Wildman–Crippen LogP) is 3.65. The van der Waals surface area contributed by atoms with E-state index in [0.29, 0.717) is 13.0 Å². The Balaban J connectivity index is 1.31. The van der Waals surface area contributed by atoms with E-state index in [1.807, 2.05) is 32.0 Å². The standard InChI is InChI=1S/C25H31N5OS/c1-18-4-9-22(19(2)16-18)25(31)26-12-10-23-27-28-24-11-13-29(14-15-30(23)24)17-20-5-7-21(32-3)8-6-20/h4-9,16H,10-15,17H2,1-3H3,(H,26,31). The minimum atomic E-state index is -0.0308. The summed E-state index contributed by atoms with van der Waals surface area (Å²) in [6.07, 6.45) is 3.68. The molecule has 0 fully saturated rings. The summed E-state index contributed by atoms with van der Waals surface area (Å²) in [5.41, 5.74) is 4.24. The van der Waals surface area contributed by atoms with Gasteiger partial charge in [0.2, 0.25) is 0 Å². The average Bonchev–Trinajstić information content (AvgIpc) is 3.06. The summed E-state index contributed by atoms with van der Waals surface area (Å²) in [7, 11) is 0. The SMILES string of the molecule is CSc1ccc(CN2CCc3nnc(CCNC(=O)c4ccc(C)cc4C)n3CC2)cc1. The normalized spacial score (nSPS) is 14.1. The van der Waals surface area contributed by atoms with Gasteiger partial charge < -0.3 is 9.88 Å². The van der Waals surface area contributed by atoms with Crippen molar-refractivity contribution in [3.8, 4) is 0 Å².